The van der Waals surface area contributed by atoms with E-state index < -0.39 is 13.9 Å². The molecule has 0 aromatic rings. The summed E-state index contributed by atoms with van der Waals surface area (Å²) in [6, 6.07) is 0. The number of rotatable bonds is 2. The lowest BCUT2D eigenvalue weighted by molar-refractivity contribution is -0.110. The Balaban J connectivity index is 3.35. The number of carbonyl (C=O) groups excluding carboxylic acids is 1. The van der Waals surface area contributed by atoms with Crippen molar-refractivity contribution in [3.63, 3.8) is 0 Å². The van der Waals surface area contributed by atoms with Crippen LogP contribution in [-0.4, -0.2) is 20.6 Å². The van der Waals surface area contributed by atoms with Crippen molar-refractivity contribution in [2.24, 2.45) is 0 Å². The van der Waals surface area contributed by atoms with Gasteiger partial charge in [0.1, 0.15) is 0 Å². The molecule has 3 nitrogen and oxygen atoms in total. The minimum absolute atomic E-state index is 0.0195. The Morgan fingerprint density at radius 3 is 2.14 bits per heavy atom. The van der Waals surface area contributed by atoms with Crippen LogP contribution in [0.4, 0.5) is 0 Å². The van der Waals surface area contributed by atoms with Crippen molar-refractivity contribution in [1.29, 1.82) is 0 Å². The minimum Gasteiger partial charge on any atom is -0.345 e. The average molecular weight is 187 g/mol. The third-order valence-corrected chi connectivity index (χ3v) is 1.88. The maximum atomic E-state index is 9.99. The SMILES string of the molecule is O=C(CBr)P(O)O. The van der Waals surface area contributed by atoms with Gasteiger partial charge >= 0.3 is 0 Å². The van der Waals surface area contributed by atoms with E-state index in [0.29, 0.717) is 0 Å². The van der Waals surface area contributed by atoms with Crippen molar-refractivity contribution in [2.45, 2.75) is 0 Å². The van der Waals surface area contributed by atoms with Gasteiger partial charge in [-0.05, 0) is 0 Å². The van der Waals surface area contributed by atoms with Crippen LogP contribution in [0.3, 0.4) is 0 Å². The number of hydrogen-bond acceptors (Lipinski definition) is 3. The molecule has 0 aliphatic rings. The molecule has 0 radical (unpaired) electrons. The maximum absolute atomic E-state index is 9.99. The molecule has 0 heterocycles. The quantitative estimate of drug-likeness (QED) is 0.479. The summed E-state index contributed by atoms with van der Waals surface area (Å²) in [5.74, 6) is 0. The third kappa shape index (κ3) is 3.12. The molecule has 42 valence electrons. The largest absolute Gasteiger partial charge is 0.345 e. The first-order valence-electron chi connectivity index (χ1n) is 1.45. The van der Waals surface area contributed by atoms with Crippen LogP contribution in [0.5, 0.6) is 0 Å². The van der Waals surface area contributed by atoms with Gasteiger partial charge in [0.15, 0.2) is 0 Å². The summed E-state index contributed by atoms with van der Waals surface area (Å²) in [4.78, 5) is 26.1. The standard InChI is InChI=1S/C2H4BrO3P/c3-1-2(4)7(5)6/h5-6H,1H2. The highest BCUT2D eigenvalue weighted by molar-refractivity contribution is 9.09. The van der Waals surface area contributed by atoms with E-state index >= 15 is 0 Å². The van der Waals surface area contributed by atoms with Gasteiger partial charge in [0, 0.05) is 0 Å². The predicted molar refractivity (Wildman–Crippen MR) is 30.2 cm³/mol. The highest BCUT2D eigenvalue weighted by Crippen LogP contribution is 2.24. The second-order valence-corrected chi connectivity index (χ2v) is 2.46. The van der Waals surface area contributed by atoms with Crippen LogP contribution < -0.4 is 0 Å². The summed E-state index contributed by atoms with van der Waals surface area (Å²) in [7, 11) is -2.35. The summed E-state index contributed by atoms with van der Waals surface area (Å²) < 4.78 is 0. The van der Waals surface area contributed by atoms with Crippen LogP contribution in [0.1, 0.15) is 0 Å². The Morgan fingerprint density at radius 1 is 1.71 bits per heavy atom. The highest BCUT2D eigenvalue weighted by atomic mass is 79.9. The lowest BCUT2D eigenvalue weighted by atomic mass is 10.9. The third-order valence-electron chi connectivity index (χ3n) is 0.337. The van der Waals surface area contributed by atoms with E-state index in [0.717, 1.165) is 0 Å². The molecule has 0 aromatic heterocycles. The van der Waals surface area contributed by atoms with E-state index in [9.17, 15) is 4.79 Å². The van der Waals surface area contributed by atoms with Crippen LogP contribution >= 0.6 is 24.3 Å². The van der Waals surface area contributed by atoms with Gasteiger partial charge in [0.25, 0.3) is 0 Å². The molecule has 0 unspecified atom stereocenters. The lowest BCUT2D eigenvalue weighted by Crippen LogP contribution is -1.93. The van der Waals surface area contributed by atoms with Crippen molar-refractivity contribution in [1.82, 2.24) is 0 Å². The smallest absolute Gasteiger partial charge is 0.238 e. The summed E-state index contributed by atoms with van der Waals surface area (Å²) in [5, 5.41) is 0.0195. The fourth-order valence-corrected chi connectivity index (χ4v) is 0.833. The Hall–Kier alpha value is 0.500. The summed E-state index contributed by atoms with van der Waals surface area (Å²) in [6.07, 6.45) is 0. The average Bonchev–Trinajstić information content (AvgIpc) is 1.65. The number of hydrogen-bond donors (Lipinski definition) is 2. The normalized spacial score (nSPS) is 9.71. The van der Waals surface area contributed by atoms with E-state index in [4.69, 9.17) is 9.79 Å². The van der Waals surface area contributed by atoms with E-state index in [1.807, 2.05) is 0 Å². The number of carbonyl (C=O) groups is 1. The number of halogens is 1. The zero-order valence-electron chi connectivity index (χ0n) is 3.33. The molecule has 0 saturated carbocycles. The minimum atomic E-state index is -2.35. The molecule has 5 heteroatoms. The monoisotopic (exact) mass is 186 g/mol. The second-order valence-electron chi connectivity index (χ2n) is 0.817. The Labute approximate surface area is 50.4 Å². The first-order valence-corrected chi connectivity index (χ1v) is 3.82. The van der Waals surface area contributed by atoms with E-state index in [1.54, 1.807) is 0 Å². The maximum Gasteiger partial charge on any atom is 0.238 e. The van der Waals surface area contributed by atoms with Gasteiger partial charge in [-0.25, -0.2) is 0 Å². The van der Waals surface area contributed by atoms with Crippen molar-refractivity contribution in [3.05, 3.63) is 0 Å². The topological polar surface area (TPSA) is 57.5 Å². The Morgan fingerprint density at radius 2 is 2.14 bits per heavy atom. The summed E-state index contributed by atoms with van der Waals surface area (Å²) in [6.45, 7) is 0. The van der Waals surface area contributed by atoms with Gasteiger partial charge in [-0.2, -0.15) is 0 Å². The van der Waals surface area contributed by atoms with Crippen LogP contribution in [0.2, 0.25) is 0 Å². The fraction of sp³-hybridized carbons (Fsp3) is 0.500. The first kappa shape index (κ1) is 7.50. The molecule has 2 N–H and O–H groups in total. The van der Waals surface area contributed by atoms with Gasteiger partial charge in [-0.15, -0.1) is 0 Å². The molecule has 7 heavy (non-hydrogen) atoms. The van der Waals surface area contributed by atoms with Crippen molar-refractivity contribution < 1.29 is 14.6 Å². The number of alkyl halides is 1. The summed E-state index contributed by atoms with van der Waals surface area (Å²) in [5.41, 5.74) is -0.560. The first-order chi connectivity index (χ1) is 3.18. The van der Waals surface area contributed by atoms with Crippen LogP contribution in [-0.2, 0) is 4.79 Å². The van der Waals surface area contributed by atoms with Gasteiger partial charge in [0.05, 0.1) is 5.33 Å². The summed E-state index contributed by atoms with van der Waals surface area (Å²) >= 11 is 2.76. The Bertz CT molecular complexity index is 73.3. The molecule has 0 rings (SSSR count). The Kier molecular flexibility index (Phi) is 3.75. The van der Waals surface area contributed by atoms with Crippen LogP contribution in [0.15, 0.2) is 0 Å². The van der Waals surface area contributed by atoms with Crippen molar-refractivity contribution in [2.75, 3.05) is 5.33 Å². The molecule has 0 spiro atoms. The fourth-order valence-electron chi connectivity index (χ4n) is 0.0535. The van der Waals surface area contributed by atoms with Crippen LogP contribution in [0.25, 0.3) is 0 Å². The van der Waals surface area contributed by atoms with Crippen LogP contribution in [0, 0.1) is 0 Å². The second kappa shape index (κ2) is 3.50. The van der Waals surface area contributed by atoms with Gasteiger partial charge in [-0.3, -0.25) is 4.79 Å². The highest BCUT2D eigenvalue weighted by Gasteiger charge is 2.08. The molecular weight excluding hydrogens is 183 g/mol. The van der Waals surface area contributed by atoms with Crippen molar-refractivity contribution in [3.8, 4) is 0 Å². The molecule has 0 aliphatic carbocycles. The molecule has 0 saturated heterocycles. The zero-order chi connectivity index (χ0) is 5.86. The van der Waals surface area contributed by atoms with Gasteiger partial charge < -0.3 is 9.79 Å². The predicted octanol–water partition coefficient (Wildman–Crippen LogP) is 0.204. The lowest BCUT2D eigenvalue weighted by Gasteiger charge is -1.91. The molecular formula is C2H4BrO3P. The van der Waals surface area contributed by atoms with Gasteiger partial charge in [-0.1, -0.05) is 15.9 Å². The van der Waals surface area contributed by atoms with E-state index in [1.165, 1.54) is 0 Å². The molecule has 0 aliphatic heterocycles. The molecule has 0 bridgehead atoms. The van der Waals surface area contributed by atoms with E-state index in [-0.39, 0.29) is 5.33 Å². The zero-order valence-corrected chi connectivity index (χ0v) is 5.82. The molecule has 0 aromatic carbocycles. The van der Waals surface area contributed by atoms with Crippen molar-refractivity contribution >= 4 is 29.8 Å². The molecule has 0 atom stereocenters. The molecule has 0 amide bonds. The van der Waals surface area contributed by atoms with Gasteiger partial charge in [0.2, 0.25) is 13.9 Å². The molecule has 0 fully saturated rings. The van der Waals surface area contributed by atoms with E-state index in [2.05, 4.69) is 15.9 Å².